The number of aliphatic imine (C=N–C) groups is 2. The number of aryl methyl sites for hydroxylation is 1. The third kappa shape index (κ3) is 11.5. The Bertz CT molecular complexity index is 1970. The number of anilines is 2. The lowest BCUT2D eigenvalue weighted by Crippen LogP contribution is -2.33. The molecular formula is C48H73N9O2. The summed E-state index contributed by atoms with van der Waals surface area (Å²) in [4.78, 5) is 37.1. The number of rotatable bonds is 17. The minimum atomic E-state index is -0.260. The average molecular weight is 808 g/mol. The van der Waals surface area contributed by atoms with Gasteiger partial charge in [-0.25, -0.2) is 0 Å². The van der Waals surface area contributed by atoms with Crippen molar-refractivity contribution in [2.24, 2.45) is 21.1 Å². The highest BCUT2D eigenvalue weighted by atomic mass is 16.5. The minimum Gasteiger partial charge on any atom is -0.463 e. The van der Waals surface area contributed by atoms with E-state index < -0.39 is 0 Å². The standard InChI is InChI=1S/C46H67N9O2.C2H6/c1-10-13-15-20-46(7,19-14-11-2)28-57-45-52-38-25-34(40-35(26-47)36(48)23-30(6)39(40)31-17-18-31)42(51-29(4)5)33(12-3)41(38)43(53-45)55-22-16-21-50-32(27-55)24-37(49)44(56)54(8)9;1-2/h12,23-26,29,31,47H,10-11,13-22,27-28,48-49H2,1-9H3;1-2H3/b33-12-,37-24-,47-26?,51-42?;. The summed E-state index contributed by atoms with van der Waals surface area (Å²) >= 11 is 0. The molecule has 1 fully saturated rings. The zero-order valence-electron chi connectivity index (χ0n) is 38.1. The van der Waals surface area contributed by atoms with E-state index in [2.05, 4.69) is 58.6 Å². The third-order valence-corrected chi connectivity index (χ3v) is 11.3. The van der Waals surface area contributed by atoms with Gasteiger partial charge in [0.1, 0.15) is 5.82 Å². The van der Waals surface area contributed by atoms with Crippen LogP contribution in [-0.2, 0) is 4.79 Å². The first kappa shape index (κ1) is 46.9. The van der Waals surface area contributed by atoms with Crippen LogP contribution in [0.1, 0.15) is 159 Å². The molecule has 322 valence electrons. The van der Waals surface area contributed by atoms with E-state index in [1.54, 1.807) is 20.2 Å². The Balaban J connectivity index is 0.00000378. The lowest BCUT2D eigenvalue weighted by atomic mass is 9.79. The van der Waals surface area contributed by atoms with Gasteiger partial charge in [-0.05, 0) is 101 Å². The summed E-state index contributed by atoms with van der Waals surface area (Å²) in [7, 11) is 3.38. The predicted octanol–water partition coefficient (Wildman–Crippen LogP) is 9.81. The number of likely N-dealkylation sites (N-methyl/N-ethyl adjacent to an activating group) is 1. The number of nitrogens with one attached hydrogen (secondary N) is 1. The van der Waals surface area contributed by atoms with Gasteiger partial charge < -0.3 is 31.4 Å². The maximum atomic E-state index is 12.8. The summed E-state index contributed by atoms with van der Waals surface area (Å²) in [5.74, 6) is 0.873. The number of carbonyl (C=O) groups excluding carboxylic acids is 1. The lowest BCUT2D eigenvalue weighted by molar-refractivity contribution is -0.124. The molecule has 5 N–H and O–H groups in total. The average Bonchev–Trinajstić information content (AvgIpc) is 4.07. The van der Waals surface area contributed by atoms with Crippen LogP contribution in [0, 0.1) is 17.7 Å². The van der Waals surface area contributed by atoms with Gasteiger partial charge in [0.05, 0.1) is 41.5 Å². The summed E-state index contributed by atoms with van der Waals surface area (Å²) < 4.78 is 6.74. The third-order valence-electron chi connectivity index (χ3n) is 11.3. The van der Waals surface area contributed by atoms with Crippen molar-refractivity contribution >= 4 is 52.3 Å². The van der Waals surface area contributed by atoms with E-state index in [9.17, 15) is 4.79 Å². The topological polar surface area (TPSA) is 159 Å². The summed E-state index contributed by atoms with van der Waals surface area (Å²) in [6.07, 6.45) is 18.3. The van der Waals surface area contributed by atoms with E-state index in [-0.39, 0.29) is 23.1 Å². The second kappa shape index (κ2) is 21.5. The van der Waals surface area contributed by atoms with Crippen LogP contribution in [0.4, 0.5) is 11.5 Å². The molecule has 0 bridgehead atoms. The maximum absolute atomic E-state index is 12.8. The van der Waals surface area contributed by atoms with Gasteiger partial charge in [0, 0.05) is 67.3 Å². The molecule has 2 aliphatic carbocycles. The number of allylic oxidation sites excluding steroid dienone is 3. The van der Waals surface area contributed by atoms with Gasteiger partial charge in [0.15, 0.2) is 0 Å². The first-order chi connectivity index (χ1) is 28.2. The molecule has 1 amide bonds. The number of nitrogen functional groups attached to an aromatic ring is 1. The number of benzene rings is 1. The fourth-order valence-corrected chi connectivity index (χ4v) is 8.15. The zero-order valence-corrected chi connectivity index (χ0v) is 38.1. The number of amides is 1. The second-order valence-electron chi connectivity index (χ2n) is 16.9. The molecule has 2 heterocycles. The molecule has 1 aliphatic heterocycles. The molecule has 1 saturated carbocycles. The quantitative estimate of drug-likeness (QED) is 0.0621. The first-order valence-electron chi connectivity index (χ1n) is 22.2. The summed E-state index contributed by atoms with van der Waals surface area (Å²) in [5.41, 5.74) is 22.7. The second-order valence-corrected chi connectivity index (χ2v) is 16.9. The Labute approximate surface area is 355 Å². The molecule has 1 unspecified atom stereocenters. The fraction of sp³-hybridized carbons (Fsp3) is 0.583. The van der Waals surface area contributed by atoms with Crippen molar-refractivity contribution in [3.8, 4) is 6.01 Å². The summed E-state index contributed by atoms with van der Waals surface area (Å²) in [5, 5.41) is 8.59. The molecule has 1 aromatic heterocycles. The van der Waals surface area contributed by atoms with Crippen LogP contribution in [0.3, 0.4) is 0 Å². The molecule has 2 aromatic rings. The van der Waals surface area contributed by atoms with Crippen molar-refractivity contribution in [2.45, 2.75) is 138 Å². The lowest BCUT2D eigenvalue weighted by Gasteiger charge is -2.32. The van der Waals surface area contributed by atoms with E-state index in [1.807, 2.05) is 26.8 Å². The number of fused-ring (bicyclic) bond motifs is 1. The van der Waals surface area contributed by atoms with Crippen LogP contribution in [-0.4, -0.2) is 84.8 Å². The number of carbonyl (C=O) groups is 1. The van der Waals surface area contributed by atoms with Crippen molar-refractivity contribution in [1.29, 1.82) is 5.41 Å². The molecule has 3 aliphatic rings. The number of nitrogens with zero attached hydrogens (tertiary/aromatic N) is 6. The molecule has 59 heavy (non-hydrogen) atoms. The Morgan fingerprint density at radius 1 is 1.12 bits per heavy atom. The SMILES string of the molecule is C/C=C1\C(=NC(C)C)C(c2c(C=N)c(N)cc(C)c2C2CC2)=Cc2nc(OCC(C)(CCCC)CCCCC)nc(N3CCCN=C(/C=C(\N)C(=O)N(C)C)C3)c21.CC. The van der Waals surface area contributed by atoms with Crippen LogP contribution in [0.2, 0.25) is 0 Å². The van der Waals surface area contributed by atoms with E-state index in [1.165, 1.54) is 29.5 Å². The van der Waals surface area contributed by atoms with Crippen LogP contribution in [0.5, 0.6) is 6.01 Å². The molecule has 0 radical (unpaired) electrons. The number of ether oxygens (including phenoxy) is 1. The van der Waals surface area contributed by atoms with Crippen molar-refractivity contribution in [2.75, 3.05) is 51.0 Å². The molecule has 5 rings (SSSR count). The van der Waals surface area contributed by atoms with Gasteiger partial charge in [-0.15, -0.1) is 0 Å². The van der Waals surface area contributed by atoms with Gasteiger partial charge in [-0.3, -0.25) is 14.8 Å². The smallest absolute Gasteiger partial charge is 0.318 e. The number of nitrogens with two attached hydrogens (primary N) is 2. The Morgan fingerprint density at radius 2 is 1.81 bits per heavy atom. The maximum Gasteiger partial charge on any atom is 0.318 e. The monoisotopic (exact) mass is 808 g/mol. The number of hydrogen-bond donors (Lipinski definition) is 3. The van der Waals surface area contributed by atoms with Gasteiger partial charge >= 0.3 is 6.01 Å². The van der Waals surface area contributed by atoms with E-state index in [0.29, 0.717) is 55.1 Å². The molecular weight excluding hydrogens is 735 g/mol. The molecule has 11 nitrogen and oxygen atoms in total. The number of hydrogen-bond acceptors (Lipinski definition) is 10. The van der Waals surface area contributed by atoms with Crippen molar-refractivity contribution in [3.05, 3.63) is 57.4 Å². The van der Waals surface area contributed by atoms with Gasteiger partial charge in [0.25, 0.3) is 5.91 Å². The highest BCUT2D eigenvalue weighted by molar-refractivity contribution is 6.50. The highest BCUT2D eigenvalue weighted by Crippen LogP contribution is 2.50. The van der Waals surface area contributed by atoms with E-state index >= 15 is 0 Å². The van der Waals surface area contributed by atoms with E-state index in [0.717, 1.165) is 96.4 Å². The first-order valence-corrected chi connectivity index (χ1v) is 22.2. The van der Waals surface area contributed by atoms with Gasteiger partial charge in [-0.1, -0.05) is 72.8 Å². The van der Waals surface area contributed by atoms with Crippen LogP contribution in [0.25, 0.3) is 17.2 Å². The van der Waals surface area contributed by atoms with Gasteiger partial charge in [0.2, 0.25) is 0 Å². The van der Waals surface area contributed by atoms with Crippen LogP contribution >= 0.6 is 0 Å². The normalized spacial score (nSPS) is 18.0. The van der Waals surface area contributed by atoms with Crippen molar-refractivity contribution < 1.29 is 9.53 Å². The minimum absolute atomic E-state index is 0.0158. The summed E-state index contributed by atoms with van der Waals surface area (Å²) in [6.45, 7) is 21.4. The zero-order chi connectivity index (χ0) is 43.4. The highest BCUT2D eigenvalue weighted by Gasteiger charge is 2.37. The van der Waals surface area contributed by atoms with Crippen molar-refractivity contribution in [1.82, 2.24) is 14.9 Å². The van der Waals surface area contributed by atoms with Crippen LogP contribution < -0.4 is 21.1 Å². The van der Waals surface area contributed by atoms with Gasteiger partial charge in [-0.2, -0.15) is 9.97 Å². The molecule has 0 spiro atoms. The summed E-state index contributed by atoms with van der Waals surface area (Å²) in [6, 6.07) is 2.32. The number of unbranched alkanes of at least 4 members (excludes halogenated alkanes) is 3. The number of aromatic nitrogens is 2. The fourth-order valence-electron chi connectivity index (χ4n) is 8.15. The molecule has 0 saturated heterocycles. The molecule has 1 atom stereocenters. The molecule has 11 heteroatoms. The van der Waals surface area contributed by atoms with Crippen molar-refractivity contribution in [3.63, 3.8) is 0 Å². The largest absolute Gasteiger partial charge is 0.463 e. The van der Waals surface area contributed by atoms with Crippen LogP contribution in [0.15, 0.2) is 33.9 Å². The molecule has 1 aromatic carbocycles. The Kier molecular flexibility index (Phi) is 17.0. The Morgan fingerprint density at radius 3 is 2.42 bits per heavy atom. The predicted molar refractivity (Wildman–Crippen MR) is 250 cm³/mol. The Hall–Kier alpha value is -4.80. The van der Waals surface area contributed by atoms with E-state index in [4.69, 9.17) is 41.6 Å².